The Kier molecular flexibility index (Phi) is 6.37. The van der Waals surface area contributed by atoms with Gasteiger partial charge in [-0.15, -0.1) is 0 Å². The van der Waals surface area contributed by atoms with E-state index < -0.39 is 16.6 Å². The van der Waals surface area contributed by atoms with Gasteiger partial charge >= 0.3 is 0 Å². The third-order valence-corrected chi connectivity index (χ3v) is 13.0. The van der Waals surface area contributed by atoms with Crippen LogP contribution >= 0.6 is 11.8 Å². The van der Waals surface area contributed by atoms with E-state index in [1.807, 2.05) is 0 Å². The van der Waals surface area contributed by atoms with Gasteiger partial charge in [0.15, 0.2) is 16.6 Å². The molecule has 1 unspecified atom stereocenters. The highest BCUT2D eigenvalue weighted by molar-refractivity contribution is 8.00. The molecule has 0 saturated heterocycles. The average molecular weight is 313 g/mol. The van der Waals surface area contributed by atoms with Gasteiger partial charge in [-0.2, -0.15) is 11.8 Å². The monoisotopic (exact) mass is 312 g/mol. The minimum absolute atomic E-state index is 0.680. The van der Waals surface area contributed by atoms with E-state index in [9.17, 15) is 0 Å². The SMILES string of the molecule is CCC(SCc1ccccc1)[Si](C)(C)O[Si](C)(C)C. The van der Waals surface area contributed by atoms with Gasteiger partial charge in [0, 0.05) is 10.6 Å². The Bertz CT molecular complexity index is 373. The van der Waals surface area contributed by atoms with E-state index in [2.05, 4.69) is 81.8 Å². The van der Waals surface area contributed by atoms with Crippen molar-refractivity contribution in [2.24, 2.45) is 0 Å². The largest absolute Gasteiger partial charge is 0.455 e. The predicted molar refractivity (Wildman–Crippen MR) is 93.7 cm³/mol. The molecule has 0 bridgehead atoms. The van der Waals surface area contributed by atoms with Gasteiger partial charge in [0.05, 0.1) is 0 Å². The molecule has 19 heavy (non-hydrogen) atoms. The van der Waals surface area contributed by atoms with Crippen LogP contribution in [0.4, 0.5) is 0 Å². The lowest BCUT2D eigenvalue weighted by molar-refractivity contribution is 0.542. The summed E-state index contributed by atoms with van der Waals surface area (Å²) >= 11 is 2.08. The van der Waals surface area contributed by atoms with Crippen molar-refractivity contribution in [3.05, 3.63) is 35.9 Å². The summed E-state index contributed by atoms with van der Waals surface area (Å²) in [4.78, 5) is 0.680. The standard InChI is InChI=1S/C15H28OSSi2/c1-7-15(19(5,6)16-18(2,3)4)17-13-14-11-9-8-10-12-14/h8-12,15H,7,13H2,1-6H3. The Balaban J connectivity index is 2.62. The number of benzene rings is 1. The minimum Gasteiger partial charge on any atom is -0.455 e. The van der Waals surface area contributed by atoms with Crippen molar-refractivity contribution in [1.82, 2.24) is 0 Å². The Morgan fingerprint density at radius 3 is 2.11 bits per heavy atom. The maximum atomic E-state index is 6.52. The first-order valence-corrected chi connectivity index (χ1v) is 14.5. The van der Waals surface area contributed by atoms with Crippen LogP contribution in [-0.4, -0.2) is 21.5 Å². The van der Waals surface area contributed by atoms with E-state index in [1.165, 1.54) is 12.0 Å². The smallest absolute Gasteiger partial charge is 0.186 e. The van der Waals surface area contributed by atoms with Crippen molar-refractivity contribution in [2.75, 3.05) is 0 Å². The molecular formula is C15H28OSSi2. The van der Waals surface area contributed by atoms with Crippen LogP contribution in [0.15, 0.2) is 30.3 Å². The first kappa shape index (κ1) is 17.0. The molecule has 0 heterocycles. The summed E-state index contributed by atoms with van der Waals surface area (Å²) < 4.78 is 6.52. The second-order valence-electron chi connectivity index (χ2n) is 6.51. The molecule has 1 atom stereocenters. The predicted octanol–water partition coefficient (Wildman–Crippen LogP) is 5.29. The highest BCUT2D eigenvalue weighted by Crippen LogP contribution is 2.31. The fraction of sp³-hybridized carbons (Fsp3) is 0.600. The van der Waals surface area contributed by atoms with E-state index in [4.69, 9.17) is 4.12 Å². The number of hydrogen-bond acceptors (Lipinski definition) is 2. The molecule has 1 aromatic carbocycles. The summed E-state index contributed by atoms with van der Waals surface area (Å²) in [5, 5.41) is 0. The molecule has 1 aromatic rings. The first-order valence-electron chi connectivity index (χ1n) is 7.10. The van der Waals surface area contributed by atoms with Crippen LogP contribution in [0.1, 0.15) is 18.9 Å². The molecule has 4 heteroatoms. The van der Waals surface area contributed by atoms with E-state index in [0.717, 1.165) is 5.75 Å². The normalized spacial score (nSPS) is 14.4. The number of thioether (sulfide) groups is 1. The van der Waals surface area contributed by atoms with Crippen LogP contribution in [0.2, 0.25) is 32.7 Å². The molecular weight excluding hydrogens is 284 g/mol. The van der Waals surface area contributed by atoms with Crippen LogP contribution < -0.4 is 0 Å². The van der Waals surface area contributed by atoms with Crippen molar-refractivity contribution in [1.29, 1.82) is 0 Å². The molecule has 0 amide bonds. The molecule has 1 rings (SSSR count). The first-order chi connectivity index (χ1) is 8.74. The van der Waals surface area contributed by atoms with Gasteiger partial charge in [0.2, 0.25) is 0 Å². The van der Waals surface area contributed by atoms with E-state index in [1.54, 1.807) is 0 Å². The molecule has 1 nitrogen and oxygen atoms in total. The molecule has 0 N–H and O–H groups in total. The molecule has 0 aromatic heterocycles. The molecule has 0 fully saturated rings. The zero-order chi connectivity index (χ0) is 14.5. The third-order valence-electron chi connectivity index (χ3n) is 3.01. The lowest BCUT2D eigenvalue weighted by atomic mass is 10.2. The molecule has 0 radical (unpaired) electrons. The van der Waals surface area contributed by atoms with Crippen molar-refractivity contribution in [3.63, 3.8) is 0 Å². The molecule has 0 aliphatic rings. The van der Waals surface area contributed by atoms with Crippen molar-refractivity contribution < 1.29 is 4.12 Å². The summed E-state index contributed by atoms with van der Waals surface area (Å²) in [6, 6.07) is 10.8. The topological polar surface area (TPSA) is 9.23 Å². The quantitative estimate of drug-likeness (QED) is 0.632. The van der Waals surface area contributed by atoms with Crippen LogP contribution in [0, 0.1) is 0 Å². The highest BCUT2D eigenvalue weighted by Gasteiger charge is 2.36. The summed E-state index contributed by atoms with van der Waals surface area (Å²) in [5.74, 6) is 1.10. The average Bonchev–Trinajstić information content (AvgIpc) is 2.27. The fourth-order valence-corrected chi connectivity index (χ4v) is 13.4. The van der Waals surface area contributed by atoms with E-state index in [-0.39, 0.29) is 0 Å². The van der Waals surface area contributed by atoms with Crippen molar-refractivity contribution in [2.45, 2.75) is 56.7 Å². The molecule has 108 valence electrons. The second kappa shape index (κ2) is 7.11. The number of rotatable bonds is 7. The van der Waals surface area contributed by atoms with Crippen molar-refractivity contribution in [3.8, 4) is 0 Å². The Morgan fingerprint density at radius 2 is 1.63 bits per heavy atom. The molecule has 0 spiro atoms. The Hall–Kier alpha value is -0.0362. The highest BCUT2D eigenvalue weighted by atomic mass is 32.2. The maximum Gasteiger partial charge on any atom is 0.186 e. The molecule has 0 saturated carbocycles. The summed E-state index contributed by atoms with van der Waals surface area (Å²) in [7, 11) is -3.03. The van der Waals surface area contributed by atoms with Gasteiger partial charge in [0.1, 0.15) is 0 Å². The molecule has 0 aliphatic heterocycles. The van der Waals surface area contributed by atoms with Gasteiger partial charge < -0.3 is 4.12 Å². The van der Waals surface area contributed by atoms with Gasteiger partial charge in [0.25, 0.3) is 0 Å². The summed E-state index contributed by atoms with van der Waals surface area (Å²) in [5.41, 5.74) is 1.42. The van der Waals surface area contributed by atoms with Crippen LogP contribution in [0.3, 0.4) is 0 Å². The van der Waals surface area contributed by atoms with Crippen LogP contribution in [0.25, 0.3) is 0 Å². The minimum atomic E-state index is -1.60. The van der Waals surface area contributed by atoms with Gasteiger partial charge in [-0.05, 0) is 44.7 Å². The number of hydrogen-bond donors (Lipinski definition) is 0. The zero-order valence-electron chi connectivity index (χ0n) is 13.2. The summed E-state index contributed by atoms with van der Waals surface area (Å²) in [6.45, 7) is 14.0. The van der Waals surface area contributed by atoms with Crippen LogP contribution in [0.5, 0.6) is 0 Å². The van der Waals surface area contributed by atoms with Gasteiger partial charge in [-0.1, -0.05) is 37.3 Å². The maximum absolute atomic E-state index is 6.52. The van der Waals surface area contributed by atoms with Crippen LogP contribution in [-0.2, 0) is 9.87 Å². The Morgan fingerprint density at radius 1 is 1.05 bits per heavy atom. The fourth-order valence-electron chi connectivity index (χ4n) is 2.44. The third kappa shape index (κ3) is 6.30. The molecule has 0 aliphatic carbocycles. The lowest BCUT2D eigenvalue weighted by Gasteiger charge is -2.37. The Labute approximate surface area is 125 Å². The van der Waals surface area contributed by atoms with Gasteiger partial charge in [-0.3, -0.25) is 0 Å². The van der Waals surface area contributed by atoms with Crippen molar-refractivity contribution >= 4 is 28.4 Å². The second-order valence-corrected chi connectivity index (χ2v) is 17.1. The van der Waals surface area contributed by atoms with E-state index >= 15 is 0 Å². The summed E-state index contributed by atoms with van der Waals surface area (Å²) in [6.07, 6.45) is 1.21. The zero-order valence-corrected chi connectivity index (χ0v) is 16.0. The van der Waals surface area contributed by atoms with E-state index in [0.29, 0.717) is 4.87 Å². The van der Waals surface area contributed by atoms with Gasteiger partial charge in [-0.25, -0.2) is 0 Å². The lowest BCUT2D eigenvalue weighted by Crippen LogP contribution is -2.49.